The van der Waals surface area contributed by atoms with E-state index in [1.54, 1.807) is 17.8 Å². The van der Waals surface area contributed by atoms with E-state index >= 15 is 0 Å². The molecule has 0 unspecified atom stereocenters. The summed E-state index contributed by atoms with van der Waals surface area (Å²) < 4.78 is 5.79. The number of nitrogens with one attached hydrogen (secondary N) is 1. The monoisotopic (exact) mass is 342 g/mol. The molecule has 0 saturated carbocycles. The molecule has 3 aliphatic rings. The Hall–Kier alpha value is -1.72. The van der Waals surface area contributed by atoms with Crippen LogP contribution >= 0.6 is 11.8 Å². The topological polar surface area (TPSA) is 45.5 Å². The molecule has 2 bridgehead atoms. The lowest BCUT2D eigenvalue weighted by Crippen LogP contribution is -2.57. The second kappa shape index (κ2) is 6.65. The van der Waals surface area contributed by atoms with Gasteiger partial charge in [-0.15, -0.1) is 11.8 Å². The van der Waals surface area contributed by atoms with E-state index in [9.17, 15) is 4.79 Å². The Morgan fingerprint density at radius 2 is 1.92 bits per heavy atom. The molecule has 5 heteroatoms. The highest BCUT2D eigenvalue weighted by molar-refractivity contribution is 7.98. The minimum absolute atomic E-state index is 0.0965. The van der Waals surface area contributed by atoms with Crippen LogP contribution in [0.4, 0.5) is 0 Å². The van der Waals surface area contributed by atoms with Crippen molar-refractivity contribution >= 4 is 17.7 Å². The molecule has 4 heterocycles. The van der Waals surface area contributed by atoms with Crippen molar-refractivity contribution < 1.29 is 9.21 Å². The minimum atomic E-state index is -0.0965. The van der Waals surface area contributed by atoms with Gasteiger partial charge >= 0.3 is 0 Å². The molecule has 1 aromatic carbocycles. The van der Waals surface area contributed by atoms with Crippen molar-refractivity contribution in [2.24, 2.45) is 5.92 Å². The quantitative estimate of drug-likeness (QED) is 0.864. The van der Waals surface area contributed by atoms with Gasteiger partial charge in [-0.05, 0) is 62.4 Å². The molecule has 3 saturated heterocycles. The Balaban J connectivity index is 1.44. The number of amides is 1. The fraction of sp³-hybridized carbons (Fsp3) is 0.421. The maximum Gasteiger partial charge on any atom is 0.287 e. The van der Waals surface area contributed by atoms with Crippen LogP contribution in [-0.4, -0.2) is 42.7 Å². The molecule has 24 heavy (non-hydrogen) atoms. The van der Waals surface area contributed by atoms with Crippen LogP contribution in [0, 0.1) is 5.92 Å². The van der Waals surface area contributed by atoms with Gasteiger partial charge in [0.1, 0.15) is 5.76 Å². The lowest BCUT2D eigenvalue weighted by Gasteiger charge is -2.44. The van der Waals surface area contributed by atoms with Gasteiger partial charge in [-0.3, -0.25) is 4.79 Å². The van der Waals surface area contributed by atoms with Gasteiger partial charge in [0, 0.05) is 23.0 Å². The summed E-state index contributed by atoms with van der Waals surface area (Å²) in [6, 6.07) is 12.1. The van der Waals surface area contributed by atoms with E-state index < -0.39 is 0 Å². The maximum atomic E-state index is 12.5. The summed E-state index contributed by atoms with van der Waals surface area (Å²) in [5.74, 6) is 1.66. The highest BCUT2D eigenvalue weighted by atomic mass is 32.2. The minimum Gasteiger partial charge on any atom is -0.451 e. The van der Waals surface area contributed by atoms with Crippen LogP contribution in [0.15, 0.2) is 45.7 Å². The summed E-state index contributed by atoms with van der Waals surface area (Å²) >= 11 is 1.71. The summed E-state index contributed by atoms with van der Waals surface area (Å²) in [5, 5.41) is 3.17. The number of hydrogen-bond donors (Lipinski definition) is 1. The van der Waals surface area contributed by atoms with E-state index in [1.165, 1.54) is 30.8 Å². The molecule has 4 nitrogen and oxygen atoms in total. The summed E-state index contributed by atoms with van der Waals surface area (Å²) in [6.45, 7) is 3.32. The lowest BCUT2D eigenvalue weighted by atomic mass is 9.84. The van der Waals surface area contributed by atoms with Crippen LogP contribution in [0.2, 0.25) is 0 Å². The van der Waals surface area contributed by atoms with E-state index in [0.29, 0.717) is 11.7 Å². The summed E-state index contributed by atoms with van der Waals surface area (Å²) in [6.07, 6.45) is 4.44. The van der Waals surface area contributed by atoms with Gasteiger partial charge in [-0.2, -0.15) is 0 Å². The van der Waals surface area contributed by atoms with Gasteiger partial charge in [-0.1, -0.05) is 12.1 Å². The fourth-order valence-electron chi connectivity index (χ4n) is 3.74. The predicted octanol–water partition coefficient (Wildman–Crippen LogP) is 3.49. The highest BCUT2D eigenvalue weighted by Gasteiger charge is 2.35. The molecule has 126 valence electrons. The van der Waals surface area contributed by atoms with Gasteiger partial charge in [0.05, 0.1) is 0 Å². The largest absolute Gasteiger partial charge is 0.451 e. The molecule has 1 atom stereocenters. The molecule has 2 aromatic rings. The number of carbonyl (C=O) groups excluding carboxylic acids is 1. The smallest absolute Gasteiger partial charge is 0.287 e. The first-order valence-electron chi connectivity index (χ1n) is 8.50. The number of thioether (sulfide) groups is 1. The SMILES string of the molecule is CSc1ccc(-c2ccc(C(=O)N[C@H]3CN4CCC3CC4)o2)cc1. The third kappa shape index (κ3) is 3.10. The van der Waals surface area contributed by atoms with Crippen molar-refractivity contribution in [3.63, 3.8) is 0 Å². The summed E-state index contributed by atoms with van der Waals surface area (Å²) in [5.41, 5.74) is 0.995. The second-order valence-corrected chi connectivity index (χ2v) is 7.49. The standard InChI is InChI=1S/C19H22N2O2S/c1-24-15-4-2-14(3-5-15)17-6-7-18(23-17)19(22)20-16-12-21-10-8-13(16)9-11-21/h2-7,13,16H,8-12H2,1H3,(H,20,22)/t16-/m0/s1. The number of rotatable bonds is 4. The Kier molecular flexibility index (Phi) is 4.37. The van der Waals surface area contributed by atoms with Gasteiger partial charge in [0.15, 0.2) is 5.76 Å². The van der Waals surface area contributed by atoms with Crippen LogP contribution < -0.4 is 5.32 Å². The summed E-state index contributed by atoms with van der Waals surface area (Å²) in [4.78, 5) is 16.2. The summed E-state index contributed by atoms with van der Waals surface area (Å²) in [7, 11) is 0. The van der Waals surface area contributed by atoms with Crippen LogP contribution in [0.1, 0.15) is 23.4 Å². The van der Waals surface area contributed by atoms with Crippen molar-refractivity contribution in [2.75, 3.05) is 25.9 Å². The van der Waals surface area contributed by atoms with Gasteiger partial charge in [0.2, 0.25) is 0 Å². The number of carbonyl (C=O) groups is 1. The van der Waals surface area contributed by atoms with Gasteiger partial charge in [0.25, 0.3) is 5.91 Å². The Morgan fingerprint density at radius 3 is 2.54 bits per heavy atom. The molecule has 1 amide bonds. The Morgan fingerprint density at radius 1 is 1.17 bits per heavy atom. The van der Waals surface area contributed by atoms with E-state index in [-0.39, 0.29) is 11.9 Å². The van der Waals surface area contributed by atoms with Crippen molar-refractivity contribution in [2.45, 2.75) is 23.8 Å². The molecule has 3 fully saturated rings. The van der Waals surface area contributed by atoms with Crippen molar-refractivity contribution in [3.05, 3.63) is 42.2 Å². The molecule has 1 N–H and O–H groups in total. The lowest BCUT2D eigenvalue weighted by molar-refractivity contribution is 0.0606. The van der Waals surface area contributed by atoms with Crippen LogP contribution in [0.25, 0.3) is 11.3 Å². The van der Waals surface area contributed by atoms with Crippen molar-refractivity contribution in [1.29, 1.82) is 0 Å². The van der Waals surface area contributed by atoms with Crippen LogP contribution in [-0.2, 0) is 0 Å². The zero-order valence-electron chi connectivity index (χ0n) is 13.8. The van der Waals surface area contributed by atoms with Crippen LogP contribution in [0.5, 0.6) is 0 Å². The molecule has 1 aromatic heterocycles. The van der Waals surface area contributed by atoms with E-state index in [0.717, 1.165) is 17.9 Å². The average Bonchev–Trinajstić information content (AvgIpc) is 3.13. The molecule has 0 radical (unpaired) electrons. The molecule has 0 aliphatic carbocycles. The number of furan rings is 1. The second-order valence-electron chi connectivity index (χ2n) is 6.61. The highest BCUT2D eigenvalue weighted by Crippen LogP contribution is 2.28. The van der Waals surface area contributed by atoms with E-state index in [1.807, 2.05) is 18.2 Å². The Bertz CT molecular complexity index is 717. The first-order chi connectivity index (χ1) is 11.7. The van der Waals surface area contributed by atoms with E-state index in [4.69, 9.17) is 4.42 Å². The fourth-order valence-corrected chi connectivity index (χ4v) is 4.15. The number of piperidine rings is 3. The molecular formula is C19H22N2O2S. The molecule has 3 aliphatic heterocycles. The third-order valence-corrected chi connectivity index (χ3v) is 5.92. The normalized spacial score (nSPS) is 25.6. The zero-order chi connectivity index (χ0) is 16.5. The average molecular weight is 342 g/mol. The van der Waals surface area contributed by atoms with Crippen LogP contribution in [0.3, 0.4) is 0 Å². The number of nitrogens with zero attached hydrogens (tertiary/aromatic N) is 1. The number of fused-ring (bicyclic) bond motifs is 3. The molecular weight excluding hydrogens is 320 g/mol. The number of hydrogen-bond acceptors (Lipinski definition) is 4. The Labute approximate surface area is 146 Å². The molecule has 5 rings (SSSR count). The molecule has 0 spiro atoms. The van der Waals surface area contributed by atoms with Crippen molar-refractivity contribution in [1.82, 2.24) is 10.2 Å². The first kappa shape index (κ1) is 15.8. The number of benzene rings is 1. The van der Waals surface area contributed by atoms with E-state index in [2.05, 4.69) is 28.6 Å². The first-order valence-corrected chi connectivity index (χ1v) is 9.73. The predicted molar refractivity (Wildman–Crippen MR) is 96.3 cm³/mol. The maximum absolute atomic E-state index is 12.5. The zero-order valence-corrected chi connectivity index (χ0v) is 14.6. The van der Waals surface area contributed by atoms with Crippen molar-refractivity contribution in [3.8, 4) is 11.3 Å². The third-order valence-electron chi connectivity index (χ3n) is 5.18. The van der Waals surface area contributed by atoms with Gasteiger partial charge < -0.3 is 14.6 Å². The van der Waals surface area contributed by atoms with Gasteiger partial charge in [-0.25, -0.2) is 0 Å².